The van der Waals surface area contributed by atoms with Gasteiger partial charge in [-0.05, 0) is 72.2 Å². The summed E-state index contributed by atoms with van der Waals surface area (Å²) in [5.41, 5.74) is 8.35. The van der Waals surface area contributed by atoms with E-state index in [1.165, 1.54) is 45.3 Å². The van der Waals surface area contributed by atoms with Crippen LogP contribution in [0.4, 0.5) is 20.5 Å². The second-order valence-electron chi connectivity index (χ2n) is 22.8. The van der Waals surface area contributed by atoms with E-state index in [1.807, 2.05) is 156 Å². The van der Waals surface area contributed by atoms with Gasteiger partial charge in [0.2, 0.25) is 44.2 Å². The minimum absolute atomic E-state index is 0.102. The van der Waals surface area contributed by atoms with Crippen LogP contribution < -0.4 is 21.3 Å². The van der Waals surface area contributed by atoms with E-state index in [0.717, 1.165) is 131 Å². The minimum atomic E-state index is -0.110. The molecule has 8 aromatic heterocycles. The molecule has 4 aromatic carbocycles. The summed E-state index contributed by atoms with van der Waals surface area (Å²) >= 11 is 5.76. The Balaban J connectivity index is 0.000000162. The molecule has 20 nitrogen and oxygen atoms in total. The molecular weight excluding hydrogens is 1190 g/mol. The SMILES string of the molecule is Cn1cc(CC(=O)Nc2nnc([C@@H]3CCC[C@@H](c4nnc(NC(=O)Cc5cn(C)c6ccccc56)s4)C3)s2)c2ccccc21.Cn1cc(CC(=O)Nc2nnc([C@H]3C[CH+]C[C@H](c4nnc(NC(=O)Cc5cn(C)c6ccccc56)s4)C3)s2)c2ccccc21. The van der Waals surface area contributed by atoms with Crippen molar-refractivity contribution in [2.45, 2.75) is 94.3 Å². The number of aryl methyl sites for hydroxylation is 4. The van der Waals surface area contributed by atoms with Crippen LogP contribution >= 0.6 is 45.3 Å². The van der Waals surface area contributed by atoms with Crippen molar-refractivity contribution in [2.24, 2.45) is 28.2 Å². The summed E-state index contributed by atoms with van der Waals surface area (Å²) < 4.78 is 8.17. The molecule has 2 aliphatic rings. The smallest absolute Gasteiger partial charge is 0.230 e. The average molecular weight is 1250 g/mol. The largest absolute Gasteiger partial charge is 0.350 e. The molecule has 2 saturated carbocycles. The number of carbonyl (C=O) groups is 4. The van der Waals surface area contributed by atoms with Crippen molar-refractivity contribution in [1.29, 1.82) is 0 Å². The highest BCUT2D eigenvalue weighted by atomic mass is 32.1. The third-order valence-electron chi connectivity index (χ3n) is 16.6. The van der Waals surface area contributed by atoms with Crippen LogP contribution in [-0.4, -0.2) is 82.7 Å². The van der Waals surface area contributed by atoms with Gasteiger partial charge in [-0.15, -0.1) is 40.8 Å². The quantitative estimate of drug-likeness (QED) is 0.0661. The fourth-order valence-electron chi connectivity index (χ4n) is 12.5. The zero-order valence-corrected chi connectivity index (χ0v) is 52.1. The lowest BCUT2D eigenvalue weighted by molar-refractivity contribution is -0.116. The Morgan fingerprint density at radius 3 is 0.955 bits per heavy atom. The Labute approximate surface area is 522 Å². The number of fused-ring (bicyclic) bond motifs is 4. The molecule has 14 rings (SSSR count). The van der Waals surface area contributed by atoms with Gasteiger partial charge in [0.05, 0.1) is 56.8 Å². The molecule has 4 amide bonds. The molecule has 0 aliphatic heterocycles. The number of rotatable bonds is 16. The average Bonchev–Trinajstić information content (AvgIpc) is 4.26. The van der Waals surface area contributed by atoms with Crippen LogP contribution in [0.3, 0.4) is 0 Å². The number of benzene rings is 4. The van der Waals surface area contributed by atoms with Crippen LogP contribution in [0.1, 0.15) is 111 Å². The lowest BCUT2D eigenvalue weighted by Crippen LogP contribution is -2.14. The molecule has 0 saturated heterocycles. The molecule has 0 radical (unpaired) electrons. The molecular formula is C64H63N16O4S4+. The Kier molecular flexibility index (Phi) is 16.8. The molecule has 88 heavy (non-hydrogen) atoms. The first-order valence-corrected chi connectivity index (χ1v) is 32.6. The van der Waals surface area contributed by atoms with E-state index < -0.39 is 0 Å². The highest BCUT2D eigenvalue weighted by Gasteiger charge is 2.35. The number of nitrogens with zero attached hydrogens (tertiary/aromatic N) is 12. The lowest BCUT2D eigenvalue weighted by Gasteiger charge is -2.25. The summed E-state index contributed by atoms with van der Waals surface area (Å²) in [6.45, 7) is 0. The van der Waals surface area contributed by atoms with E-state index in [0.29, 0.717) is 20.5 Å². The van der Waals surface area contributed by atoms with Crippen molar-refractivity contribution in [1.82, 2.24) is 59.1 Å². The number of aromatic nitrogens is 12. The summed E-state index contributed by atoms with van der Waals surface area (Å²) in [7, 11) is 7.96. The van der Waals surface area contributed by atoms with Crippen LogP contribution in [0, 0.1) is 6.42 Å². The van der Waals surface area contributed by atoms with Gasteiger partial charge < -0.3 is 39.5 Å². The topological polar surface area (TPSA) is 239 Å². The lowest BCUT2D eigenvalue weighted by atomic mass is 9.82. The standard InChI is InChI=1S/C32H32N8O2S2.C32H30N8O2S2/c2*1-39-17-21(23-10-3-5-12-25(23)39)15-27(41)33-31-37-35-29(43-31)19-8-7-9-20(14-19)30-36-38-32(44-30)34-28(42)16-22-18-40(2)26-13-6-4-11-24(22)26/h3-6,10-13,17-20H,7-9,14-16H2,1-2H3,(H,33,37,41)(H,34,38,42);3-7,10-13,17-20H,8-9,14-16H2,1-2H3,(H-,33,34,37,38,41,42)/p+1/t2*19-,20-/m10/s1. The van der Waals surface area contributed by atoms with Crippen LogP contribution in [0.15, 0.2) is 122 Å². The van der Waals surface area contributed by atoms with Gasteiger partial charge in [0.15, 0.2) is 0 Å². The molecule has 8 heterocycles. The summed E-state index contributed by atoms with van der Waals surface area (Å²) in [5.74, 6) is 0.420. The van der Waals surface area contributed by atoms with Crippen molar-refractivity contribution in [3.63, 3.8) is 0 Å². The number of hydrogen-bond acceptors (Lipinski definition) is 16. The van der Waals surface area contributed by atoms with Gasteiger partial charge in [-0.1, -0.05) is 125 Å². The maximum absolute atomic E-state index is 12.9. The summed E-state index contributed by atoms with van der Waals surface area (Å²) in [4.78, 5) is 51.5. The molecule has 446 valence electrons. The van der Waals surface area contributed by atoms with Crippen LogP contribution in [-0.2, 0) is 73.1 Å². The fraction of sp³-hybridized carbons (Fsp3) is 0.297. The molecule has 12 aromatic rings. The van der Waals surface area contributed by atoms with E-state index >= 15 is 0 Å². The first-order chi connectivity index (χ1) is 42.8. The second-order valence-corrected chi connectivity index (χ2v) is 26.8. The third kappa shape index (κ3) is 12.7. The van der Waals surface area contributed by atoms with Crippen LogP contribution in [0.2, 0.25) is 0 Å². The van der Waals surface area contributed by atoms with Crippen LogP contribution in [0.25, 0.3) is 43.6 Å². The zero-order valence-electron chi connectivity index (χ0n) is 48.8. The molecule has 0 spiro atoms. The first-order valence-electron chi connectivity index (χ1n) is 29.3. The van der Waals surface area contributed by atoms with Gasteiger partial charge in [0.25, 0.3) is 0 Å². The van der Waals surface area contributed by atoms with E-state index in [2.05, 4.69) is 80.6 Å². The second kappa shape index (κ2) is 25.4. The van der Waals surface area contributed by atoms with Crippen molar-refractivity contribution in [3.8, 4) is 0 Å². The summed E-state index contributed by atoms with van der Waals surface area (Å²) in [6.07, 6.45) is 18.0. The number of para-hydroxylation sites is 4. The Morgan fingerprint density at radius 2 is 0.659 bits per heavy atom. The highest BCUT2D eigenvalue weighted by molar-refractivity contribution is 7.16. The van der Waals surface area contributed by atoms with Gasteiger partial charge in [-0.25, -0.2) is 0 Å². The molecule has 2 aliphatic carbocycles. The minimum Gasteiger partial charge on any atom is -0.350 e. The molecule has 0 bridgehead atoms. The van der Waals surface area contributed by atoms with Crippen molar-refractivity contribution >= 4 is 133 Å². The van der Waals surface area contributed by atoms with Gasteiger partial charge in [-0.3, -0.25) is 19.2 Å². The molecule has 4 N–H and O–H groups in total. The van der Waals surface area contributed by atoms with Gasteiger partial charge in [-0.2, -0.15) is 0 Å². The molecule has 4 atom stereocenters. The number of nitrogens with one attached hydrogen (secondary N) is 4. The molecule has 0 unspecified atom stereocenters. The Bertz CT molecular complexity index is 3980. The molecule has 24 heteroatoms. The maximum Gasteiger partial charge on any atom is 0.230 e. The van der Waals surface area contributed by atoms with E-state index in [4.69, 9.17) is 0 Å². The van der Waals surface area contributed by atoms with Gasteiger partial charge >= 0.3 is 0 Å². The monoisotopic (exact) mass is 1250 g/mol. The van der Waals surface area contributed by atoms with Crippen LogP contribution in [0.5, 0.6) is 0 Å². The van der Waals surface area contributed by atoms with E-state index in [9.17, 15) is 19.2 Å². The molecule has 2 fully saturated rings. The summed E-state index contributed by atoms with van der Waals surface area (Å²) in [6, 6.07) is 32.3. The first kappa shape index (κ1) is 58.1. The van der Waals surface area contributed by atoms with Crippen molar-refractivity contribution in [2.75, 3.05) is 21.3 Å². The van der Waals surface area contributed by atoms with Gasteiger partial charge in [0, 0.05) is 108 Å². The fourth-order valence-corrected chi connectivity index (χ4v) is 16.1. The number of amides is 4. The normalized spacial score (nSPS) is 16.8. The Hall–Kier alpha value is -8.97. The maximum atomic E-state index is 12.9. The predicted molar refractivity (Wildman–Crippen MR) is 348 cm³/mol. The van der Waals surface area contributed by atoms with Gasteiger partial charge in [0.1, 0.15) is 20.0 Å². The number of anilines is 4. The van der Waals surface area contributed by atoms with Crippen molar-refractivity contribution < 1.29 is 19.2 Å². The van der Waals surface area contributed by atoms with E-state index in [1.54, 1.807) is 0 Å². The predicted octanol–water partition coefficient (Wildman–Crippen LogP) is 12.2. The van der Waals surface area contributed by atoms with E-state index in [-0.39, 0.29) is 73.0 Å². The summed E-state index contributed by atoms with van der Waals surface area (Å²) in [5, 5.41) is 56.7. The Morgan fingerprint density at radius 1 is 0.398 bits per heavy atom. The highest BCUT2D eigenvalue weighted by Crippen LogP contribution is 2.45. The van der Waals surface area contributed by atoms with Crippen molar-refractivity contribution in [3.05, 3.63) is 171 Å². The third-order valence-corrected chi connectivity index (χ3v) is 20.6. The number of hydrogen-bond donors (Lipinski definition) is 4. The zero-order chi connectivity index (χ0) is 60.4. The number of carbonyl (C=O) groups excluding carboxylic acids is 4.